The van der Waals surface area contributed by atoms with Crippen LogP contribution < -0.4 is 10.4 Å². The summed E-state index contributed by atoms with van der Waals surface area (Å²) in [6, 6.07) is 24.7. The van der Waals surface area contributed by atoms with Gasteiger partial charge in [0.1, 0.15) is 0 Å². The van der Waals surface area contributed by atoms with Gasteiger partial charge >= 0.3 is 0 Å². The lowest BCUT2D eigenvalue weighted by Gasteiger charge is -2.25. The summed E-state index contributed by atoms with van der Waals surface area (Å²) in [7, 11) is 0. The molecule has 0 aromatic heterocycles. The Bertz CT molecular complexity index is 773. The summed E-state index contributed by atoms with van der Waals surface area (Å²) < 4.78 is 1.97. The fraction of sp³-hybridized carbons (Fsp3) is 0. The average molecular weight is 446 g/mol. The monoisotopic (exact) mass is 444 g/mol. The molecule has 0 saturated carbocycles. The number of anilines is 2. The van der Waals surface area contributed by atoms with Gasteiger partial charge in [0.25, 0.3) is 5.91 Å². The molecular formula is C19H14Br2N2O. The molecule has 0 radical (unpaired) electrons. The Balaban J connectivity index is 1.94. The first-order valence-electron chi connectivity index (χ1n) is 7.31. The fourth-order valence-electron chi connectivity index (χ4n) is 2.21. The standard InChI is InChI=1S/C19H14Br2N2O/c20-15-6-10-17(11-7-15)23(18-12-8-16(21)9-13-18)22-19(24)14-4-2-1-3-5-14/h1-13H,(H,22,24). The highest BCUT2D eigenvalue weighted by molar-refractivity contribution is 9.10. The van der Waals surface area contributed by atoms with Crippen molar-refractivity contribution in [2.45, 2.75) is 0 Å². The quantitative estimate of drug-likeness (QED) is 0.522. The predicted molar refractivity (Wildman–Crippen MR) is 104 cm³/mol. The highest BCUT2D eigenvalue weighted by Crippen LogP contribution is 2.26. The zero-order chi connectivity index (χ0) is 16.9. The van der Waals surface area contributed by atoms with Gasteiger partial charge in [0.05, 0.1) is 11.4 Å². The molecule has 0 saturated heterocycles. The summed E-state index contributed by atoms with van der Waals surface area (Å²) in [6.07, 6.45) is 0. The molecule has 5 heteroatoms. The van der Waals surface area contributed by atoms with Crippen molar-refractivity contribution >= 4 is 49.1 Å². The van der Waals surface area contributed by atoms with Gasteiger partial charge in [0.2, 0.25) is 0 Å². The molecule has 0 aliphatic heterocycles. The van der Waals surface area contributed by atoms with Gasteiger partial charge in [-0.25, -0.2) is 0 Å². The third kappa shape index (κ3) is 4.04. The molecule has 1 N–H and O–H groups in total. The van der Waals surface area contributed by atoms with Crippen LogP contribution in [0.3, 0.4) is 0 Å². The average Bonchev–Trinajstić information content (AvgIpc) is 2.62. The molecule has 0 atom stereocenters. The van der Waals surface area contributed by atoms with E-state index in [2.05, 4.69) is 37.3 Å². The Morgan fingerprint density at radius 1 is 0.708 bits per heavy atom. The number of nitrogens with zero attached hydrogens (tertiary/aromatic N) is 1. The van der Waals surface area contributed by atoms with Gasteiger partial charge < -0.3 is 0 Å². The molecule has 0 aliphatic rings. The third-order valence-electron chi connectivity index (χ3n) is 3.42. The highest BCUT2D eigenvalue weighted by Gasteiger charge is 2.14. The van der Waals surface area contributed by atoms with E-state index in [1.807, 2.05) is 66.7 Å². The van der Waals surface area contributed by atoms with E-state index in [1.54, 1.807) is 17.1 Å². The Morgan fingerprint density at radius 3 is 1.62 bits per heavy atom. The third-order valence-corrected chi connectivity index (χ3v) is 4.48. The topological polar surface area (TPSA) is 32.3 Å². The van der Waals surface area contributed by atoms with Gasteiger partial charge in [-0.05, 0) is 60.7 Å². The van der Waals surface area contributed by atoms with Crippen LogP contribution in [0.5, 0.6) is 0 Å². The van der Waals surface area contributed by atoms with Crippen LogP contribution in [0.15, 0.2) is 87.8 Å². The van der Waals surface area contributed by atoms with E-state index in [-0.39, 0.29) is 5.91 Å². The largest absolute Gasteiger partial charge is 0.270 e. The van der Waals surface area contributed by atoms with E-state index >= 15 is 0 Å². The zero-order valence-corrected chi connectivity index (χ0v) is 15.8. The van der Waals surface area contributed by atoms with E-state index in [1.165, 1.54) is 0 Å². The van der Waals surface area contributed by atoms with Crippen LogP contribution in [-0.4, -0.2) is 5.91 Å². The smallest absolute Gasteiger partial charge is 0.267 e. The summed E-state index contributed by atoms with van der Waals surface area (Å²) in [5.41, 5.74) is 5.31. The van der Waals surface area contributed by atoms with Gasteiger partial charge in [-0.15, -0.1) is 0 Å². The molecule has 1 amide bonds. The van der Waals surface area contributed by atoms with E-state index in [4.69, 9.17) is 0 Å². The molecule has 3 aromatic carbocycles. The van der Waals surface area contributed by atoms with Crippen molar-refractivity contribution in [1.29, 1.82) is 0 Å². The Hall–Kier alpha value is -2.11. The number of amides is 1. The van der Waals surface area contributed by atoms with Crippen molar-refractivity contribution < 1.29 is 4.79 Å². The molecule has 24 heavy (non-hydrogen) atoms. The minimum atomic E-state index is -0.165. The minimum Gasteiger partial charge on any atom is -0.267 e. The van der Waals surface area contributed by atoms with Gasteiger partial charge in [0, 0.05) is 14.5 Å². The summed E-state index contributed by atoms with van der Waals surface area (Å²) in [5, 5.41) is 1.77. The van der Waals surface area contributed by atoms with Gasteiger partial charge in [-0.1, -0.05) is 50.1 Å². The maximum atomic E-state index is 12.6. The van der Waals surface area contributed by atoms with Crippen LogP contribution in [0.25, 0.3) is 0 Å². The molecule has 120 valence electrons. The minimum absolute atomic E-state index is 0.165. The Kier molecular flexibility index (Phi) is 5.33. The number of benzene rings is 3. The lowest BCUT2D eigenvalue weighted by atomic mass is 10.2. The SMILES string of the molecule is O=C(NN(c1ccc(Br)cc1)c1ccc(Br)cc1)c1ccccc1. The van der Waals surface area contributed by atoms with E-state index in [0.29, 0.717) is 5.56 Å². The first kappa shape index (κ1) is 16.7. The van der Waals surface area contributed by atoms with Gasteiger partial charge in [-0.3, -0.25) is 15.2 Å². The van der Waals surface area contributed by atoms with Crippen molar-refractivity contribution in [1.82, 2.24) is 5.43 Å². The number of nitrogens with one attached hydrogen (secondary N) is 1. The number of carbonyl (C=O) groups is 1. The highest BCUT2D eigenvalue weighted by atomic mass is 79.9. The first-order valence-corrected chi connectivity index (χ1v) is 8.89. The van der Waals surface area contributed by atoms with E-state index in [9.17, 15) is 4.79 Å². The second-order valence-electron chi connectivity index (χ2n) is 5.10. The van der Waals surface area contributed by atoms with E-state index < -0.39 is 0 Å². The van der Waals surface area contributed by atoms with Crippen LogP contribution in [0.4, 0.5) is 11.4 Å². The van der Waals surface area contributed by atoms with Crippen molar-refractivity contribution in [3.05, 3.63) is 93.4 Å². The zero-order valence-electron chi connectivity index (χ0n) is 12.6. The number of hydrogen-bond acceptors (Lipinski definition) is 2. The van der Waals surface area contributed by atoms with Crippen molar-refractivity contribution in [2.24, 2.45) is 0 Å². The maximum absolute atomic E-state index is 12.6. The van der Waals surface area contributed by atoms with Crippen LogP contribution >= 0.6 is 31.9 Å². The second kappa shape index (κ2) is 7.64. The lowest BCUT2D eigenvalue weighted by Crippen LogP contribution is -2.38. The van der Waals surface area contributed by atoms with Crippen molar-refractivity contribution in [3.8, 4) is 0 Å². The van der Waals surface area contributed by atoms with Crippen molar-refractivity contribution in [3.63, 3.8) is 0 Å². The molecule has 3 rings (SSSR count). The van der Waals surface area contributed by atoms with Crippen molar-refractivity contribution in [2.75, 3.05) is 5.01 Å². The molecule has 0 spiro atoms. The van der Waals surface area contributed by atoms with Crippen LogP contribution in [0.1, 0.15) is 10.4 Å². The summed E-state index contributed by atoms with van der Waals surface area (Å²) in [4.78, 5) is 12.6. The van der Waals surface area contributed by atoms with Crippen LogP contribution in [0, 0.1) is 0 Å². The van der Waals surface area contributed by atoms with E-state index in [0.717, 1.165) is 20.3 Å². The van der Waals surface area contributed by atoms with Gasteiger partial charge in [-0.2, -0.15) is 0 Å². The lowest BCUT2D eigenvalue weighted by molar-refractivity contribution is 0.0953. The Morgan fingerprint density at radius 2 is 1.17 bits per heavy atom. The van der Waals surface area contributed by atoms with Gasteiger partial charge in [0.15, 0.2) is 0 Å². The summed E-state index contributed by atoms with van der Waals surface area (Å²) in [6.45, 7) is 0. The molecule has 3 nitrogen and oxygen atoms in total. The number of hydrogen-bond donors (Lipinski definition) is 1. The molecular weight excluding hydrogens is 432 g/mol. The molecule has 0 fully saturated rings. The Labute approximate surface area is 157 Å². The molecule has 0 bridgehead atoms. The van der Waals surface area contributed by atoms with Crippen LogP contribution in [0.2, 0.25) is 0 Å². The summed E-state index contributed by atoms with van der Waals surface area (Å²) in [5.74, 6) is -0.165. The molecule has 0 unspecified atom stereocenters. The normalized spacial score (nSPS) is 10.2. The van der Waals surface area contributed by atoms with Crippen LogP contribution in [-0.2, 0) is 0 Å². The second-order valence-corrected chi connectivity index (χ2v) is 6.93. The molecule has 0 aliphatic carbocycles. The number of halogens is 2. The number of rotatable bonds is 4. The maximum Gasteiger partial charge on any atom is 0.270 e. The summed E-state index contributed by atoms with van der Waals surface area (Å²) >= 11 is 6.87. The number of hydrazine groups is 1. The molecule has 3 aromatic rings. The molecule has 0 heterocycles. The number of carbonyl (C=O) groups excluding carboxylic acids is 1. The fourth-order valence-corrected chi connectivity index (χ4v) is 2.74. The first-order chi connectivity index (χ1) is 11.6. The predicted octanol–water partition coefficient (Wildman–Crippen LogP) is 5.69.